The number of rotatable bonds is 6. The van der Waals surface area contributed by atoms with E-state index in [1.54, 1.807) is 25.2 Å². The zero-order valence-corrected chi connectivity index (χ0v) is 17.1. The summed E-state index contributed by atoms with van der Waals surface area (Å²) in [5, 5.41) is 2.53. The molecule has 2 aliphatic rings. The van der Waals surface area contributed by atoms with E-state index in [-0.39, 0.29) is 11.7 Å². The third-order valence-electron chi connectivity index (χ3n) is 5.69. The first-order valence-corrected chi connectivity index (χ1v) is 9.91. The van der Waals surface area contributed by atoms with Crippen LogP contribution in [0, 0.1) is 0 Å². The van der Waals surface area contributed by atoms with Crippen LogP contribution in [0.2, 0.25) is 0 Å². The number of carbonyl (C=O) groups excluding carboxylic acids is 5. The van der Waals surface area contributed by atoms with Crippen molar-refractivity contribution in [2.45, 2.75) is 44.6 Å². The molecule has 1 spiro atoms. The van der Waals surface area contributed by atoms with E-state index in [9.17, 15) is 24.0 Å². The Morgan fingerprint density at radius 2 is 1.83 bits per heavy atom. The van der Waals surface area contributed by atoms with Gasteiger partial charge in [-0.05, 0) is 31.9 Å². The van der Waals surface area contributed by atoms with Crippen molar-refractivity contribution in [3.8, 4) is 0 Å². The molecule has 1 N–H and O–H groups in total. The summed E-state index contributed by atoms with van der Waals surface area (Å²) in [5.41, 5.74) is -0.0273. The number of nitrogens with zero attached hydrogens (tertiary/aromatic N) is 2. The monoisotopic (exact) mass is 415 g/mol. The molecule has 1 aromatic carbocycles. The van der Waals surface area contributed by atoms with Crippen molar-refractivity contribution in [3.05, 3.63) is 29.8 Å². The van der Waals surface area contributed by atoms with E-state index in [2.05, 4.69) is 5.32 Å². The maximum absolute atomic E-state index is 12.9. The van der Waals surface area contributed by atoms with Crippen LogP contribution >= 0.6 is 0 Å². The minimum Gasteiger partial charge on any atom is -0.454 e. The average Bonchev–Trinajstić information content (AvgIpc) is 2.89. The lowest BCUT2D eigenvalue weighted by molar-refractivity contribution is -0.150. The van der Waals surface area contributed by atoms with Crippen molar-refractivity contribution in [3.63, 3.8) is 0 Å². The third kappa shape index (κ3) is 4.19. The topological polar surface area (TPSA) is 113 Å². The summed E-state index contributed by atoms with van der Waals surface area (Å²) in [5.74, 6) is -1.95. The third-order valence-corrected chi connectivity index (χ3v) is 5.69. The number of hydrogen-bond acceptors (Lipinski definition) is 6. The highest BCUT2D eigenvalue weighted by atomic mass is 16.5. The summed E-state index contributed by atoms with van der Waals surface area (Å²) >= 11 is 0. The van der Waals surface area contributed by atoms with Gasteiger partial charge in [-0.3, -0.25) is 24.1 Å². The highest BCUT2D eigenvalue weighted by Crippen LogP contribution is 2.39. The van der Waals surface area contributed by atoms with Gasteiger partial charge >= 0.3 is 12.0 Å². The van der Waals surface area contributed by atoms with Crippen molar-refractivity contribution < 1.29 is 28.7 Å². The molecule has 1 aromatic rings. The molecule has 1 aliphatic carbocycles. The van der Waals surface area contributed by atoms with Crippen LogP contribution in [0.5, 0.6) is 0 Å². The smallest absolute Gasteiger partial charge is 0.327 e. The maximum Gasteiger partial charge on any atom is 0.327 e. The quantitative estimate of drug-likeness (QED) is 0.432. The molecule has 9 heteroatoms. The first-order valence-electron chi connectivity index (χ1n) is 9.91. The summed E-state index contributed by atoms with van der Waals surface area (Å²) in [7, 11) is 1.58. The van der Waals surface area contributed by atoms with E-state index in [4.69, 9.17) is 4.74 Å². The number of anilines is 1. The number of ketones is 1. The van der Waals surface area contributed by atoms with Gasteiger partial charge < -0.3 is 15.0 Å². The molecule has 3 rings (SSSR count). The molecule has 4 amide bonds. The van der Waals surface area contributed by atoms with Gasteiger partial charge in [0.05, 0.1) is 0 Å². The van der Waals surface area contributed by atoms with Gasteiger partial charge in [-0.15, -0.1) is 0 Å². The summed E-state index contributed by atoms with van der Waals surface area (Å²) in [4.78, 5) is 63.3. The lowest BCUT2D eigenvalue weighted by Crippen LogP contribution is -2.49. The number of likely N-dealkylation sites (N-methyl/N-ethyl adjacent to an activating group) is 1. The molecular weight excluding hydrogens is 390 g/mol. The van der Waals surface area contributed by atoms with Crippen LogP contribution in [0.1, 0.15) is 49.4 Å². The predicted molar refractivity (Wildman–Crippen MR) is 107 cm³/mol. The number of benzene rings is 1. The normalized spacial score (nSPS) is 17.9. The second-order valence-corrected chi connectivity index (χ2v) is 7.67. The van der Waals surface area contributed by atoms with E-state index < -0.39 is 36.6 Å². The van der Waals surface area contributed by atoms with E-state index in [0.29, 0.717) is 24.1 Å². The molecule has 0 atom stereocenters. The van der Waals surface area contributed by atoms with Crippen LogP contribution in [-0.2, 0) is 19.1 Å². The van der Waals surface area contributed by atoms with Crippen LogP contribution in [-0.4, -0.2) is 65.1 Å². The predicted octanol–water partition coefficient (Wildman–Crippen LogP) is 1.97. The fourth-order valence-electron chi connectivity index (χ4n) is 4.00. The zero-order valence-electron chi connectivity index (χ0n) is 17.1. The zero-order chi connectivity index (χ0) is 21.9. The van der Waals surface area contributed by atoms with Gasteiger partial charge in [0.2, 0.25) is 0 Å². The van der Waals surface area contributed by atoms with Crippen molar-refractivity contribution in [1.29, 1.82) is 0 Å². The fraction of sp³-hybridized carbons (Fsp3) is 0.476. The Hall–Kier alpha value is -3.23. The Morgan fingerprint density at radius 3 is 2.50 bits per heavy atom. The molecule has 0 radical (unpaired) electrons. The summed E-state index contributed by atoms with van der Waals surface area (Å²) in [6.45, 7) is 0.315. The van der Waals surface area contributed by atoms with Crippen LogP contribution < -0.4 is 5.32 Å². The number of amides is 4. The molecule has 0 unspecified atom stereocenters. The molecule has 0 aromatic heterocycles. The van der Waals surface area contributed by atoms with E-state index in [1.807, 2.05) is 0 Å². The van der Waals surface area contributed by atoms with Gasteiger partial charge in [-0.1, -0.05) is 31.4 Å². The number of urea groups is 1. The minimum atomic E-state index is -0.866. The van der Waals surface area contributed by atoms with Gasteiger partial charge in [0.15, 0.2) is 12.4 Å². The summed E-state index contributed by atoms with van der Waals surface area (Å²) < 4.78 is 4.94. The minimum absolute atomic E-state index is 0.141. The standard InChI is InChI=1S/C21H25N3O6/c1-14(25)15-7-6-8-16(11-15)22-17(26)13-30-18(27)12-24-19(28)21(23(2)20(24)29)9-4-3-5-10-21/h6-8,11H,3-5,9-10,12-13H2,1-2H3,(H,22,26). The van der Waals surface area contributed by atoms with Gasteiger partial charge in [-0.25, -0.2) is 4.79 Å². The largest absolute Gasteiger partial charge is 0.454 e. The molecule has 30 heavy (non-hydrogen) atoms. The molecular formula is C21H25N3O6. The molecule has 160 valence electrons. The van der Waals surface area contributed by atoms with Gasteiger partial charge in [0, 0.05) is 18.3 Å². The van der Waals surface area contributed by atoms with E-state index in [0.717, 1.165) is 24.2 Å². The summed E-state index contributed by atoms with van der Waals surface area (Å²) in [6.07, 6.45) is 3.89. The second-order valence-electron chi connectivity index (χ2n) is 7.67. The molecule has 9 nitrogen and oxygen atoms in total. The maximum atomic E-state index is 12.9. The molecule has 1 heterocycles. The van der Waals surface area contributed by atoms with Crippen LogP contribution in [0.15, 0.2) is 24.3 Å². The number of hydrogen-bond donors (Lipinski definition) is 1. The molecule has 0 bridgehead atoms. The number of ether oxygens (including phenoxy) is 1. The van der Waals surface area contributed by atoms with Crippen LogP contribution in [0.25, 0.3) is 0 Å². The Morgan fingerprint density at radius 1 is 1.13 bits per heavy atom. The molecule has 1 aliphatic heterocycles. The van der Waals surface area contributed by atoms with E-state index >= 15 is 0 Å². The van der Waals surface area contributed by atoms with Crippen molar-refractivity contribution in [1.82, 2.24) is 9.80 Å². The first-order chi connectivity index (χ1) is 14.2. The van der Waals surface area contributed by atoms with Gasteiger partial charge in [0.25, 0.3) is 11.8 Å². The number of Topliss-reactive ketones (excluding diaryl/α,β-unsaturated/α-hetero) is 1. The molecule has 1 saturated carbocycles. The van der Waals surface area contributed by atoms with Crippen molar-refractivity contribution >= 4 is 35.3 Å². The highest BCUT2D eigenvalue weighted by molar-refractivity contribution is 6.08. The number of esters is 1. The van der Waals surface area contributed by atoms with E-state index in [1.165, 1.54) is 17.9 Å². The first kappa shape index (κ1) is 21.5. The lowest BCUT2D eigenvalue weighted by atomic mass is 9.81. The average molecular weight is 415 g/mol. The number of nitrogens with one attached hydrogen (secondary N) is 1. The molecule has 1 saturated heterocycles. The fourth-order valence-corrected chi connectivity index (χ4v) is 4.00. The van der Waals surface area contributed by atoms with Crippen molar-refractivity contribution in [2.24, 2.45) is 0 Å². The number of imide groups is 1. The highest BCUT2D eigenvalue weighted by Gasteiger charge is 2.55. The van der Waals surface area contributed by atoms with Crippen LogP contribution in [0.3, 0.4) is 0 Å². The Labute approximate surface area is 174 Å². The Bertz CT molecular complexity index is 890. The lowest BCUT2D eigenvalue weighted by Gasteiger charge is -2.35. The molecule has 2 fully saturated rings. The number of carbonyl (C=O) groups is 5. The Balaban J connectivity index is 1.54. The second kappa shape index (κ2) is 8.64. The SMILES string of the molecule is CC(=O)c1cccc(NC(=O)COC(=O)CN2C(=O)N(C)C3(CCCCC3)C2=O)c1. The van der Waals surface area contributed by atoms with Crippen molar-refractivity contribution in [2.75, 3.05) is 25.5 Å². The van der Waals surface area contributed by atoms with Gasteiger partial charge in [-0.2, -0.15) is 0 Å². The van der Waals surface area contributed by atoms with Crippen LogP contribution in [0.4, 0.5) is 10.5 Å². The summed E-state index contributed by atoms with van der Waals surface area (Å²) in [6, 6.07) is 5.85. The van der Waals surface area contributed by atoms with Gasteiger partial charge in [0.1, 0.15) is 12.1 Å². The Kier molecular flexibility index (Phi) is 6.19.